The number of aryl methyl sites for hydroxylation is 1. The van der Waals surface area contributed by atoms with Crippen molar-refractivity contribution in [1.82, 2.24) is 10.2 Å². The van der Waals surface area contributed by atoms with Crippen molar-refractivity contribution in [3.05, 3.63) is 29.3 Å². The molecule has 0 radical (unpaired) electrons. The van der Waals surface area contributed by atoms with Gasteiger partial charge in [-0.05, 0) is 31.9 Å². The first kappa shape index (κ1) is 14.9. The number of nitrogens with one attached hydrogen (secondary N) is 1. The smallest absolute Gasteiger partial charge is 0.256 e. The molecule has 1 aromatic carbocycles. The molecule has 1 aromatic rings. The van der Waals surface area contributed by atoms with Gasteiger partial charge >= 0.3 is 0 Å². The average molecular weight is 301 g/mol. The third-order valence-corrected chi connectivity index (χ3v) is 4.62. The van der Waals surface area contributed by atoms with Gasteiger partial charge < -0.3 is 15.1 Å². The number of carbonyl (C=O) groups is 2. The minimum atomic E-state index is -0.0611. The molecule has 2 fully saturated rings. The van der Waals surface area contributed by atoms with Crippen LogP contribution in [0.25, 0.3) is 0 Å². The fourth-order valence-corrected chi connectivity index (χ4v) is 3.24. The number of nitrogens with zero attached hydrogens (tertiary/aromatic N) is 2. The van der Waals surface area contributed by atoms with Gasteiger partial charge in [-0.1, -0.05) is 11.6 Å². The third kappa shape index (κ3) is 2.67. The summed E-state index contributed by atoms with van der Waals surface area (Å²) in [6.07, 6.45) is 2.37. The summed E-state index contributed by atoms with van der Waals surface area (Å²) in [5.74, 6) is 0.00723. The number of likely N-dealkylation sites (tertiary alicyclic amines) is 1. The predicted octanol–water partition coefficient (Wildman–Crippen LogP) is 1.41. The van der Waals surface area contributed by atoms with Crippen molar-refractivity contribution in [2.24, 2.45) is 5.92 Å². The summed E-state index contributed by atoms with van der Waals surface area (Å²) in [7, 11) is 1.64. The van der Waals surface area contributed by atoms with Crippen LogP contribution in [0.2, 0.25) is 0 Å². The van der Waals surface area contributed by atoms with Gasteiger partial charge in [0.1, 0.15) is 0 Å². The highest BCUT2D eigenvalue weighted by atomic mass is 16.2. The lowest BCUT2D eigenvalue weighted by Gasteiger charge is -2.38. The molecule has 0 bridgehead atoms. The largest absolute Gasteiger partial charge is 0.371 e. The van der Waals surface area contributed by atoms with E-state index in [1.165, 1.54) is 12.8 Å². The van der Waals surface area contributed by atoms with Crippen LogP contribution in [0.15, 0.2) is 18.2 Å². The number of carbonyl (C=O) groups excluding carboxylic acids is 2. The molecule has 1 N–H and O–H groups in total. The molecule has 0 aromatic heterocycles. The summed E-state index contributed by atoms with van der Waals surface area (Å²) in [5, 5.41) is 2.65. The summed E-state index contributed by atoms with van der Waals surface area (Å²) < 4.78 is 0. The number of amides is 2. The zero-order valence-corrected chi connectivity index (χ0v) is 13.3. The van der Waals surface area contributed by atoms with Crippen molar-refractivity contribution in [1.29, 1.82) is 0 Å². The number of anilines is 1. The molecule has 3 rings (SSSR count). The Morgan fingerprint density at radius 3 is 2.50 bits per heavy atom. The van der Waals surface area contributed by atoms with Crippen LogP contribution in [-0.4, -0.2) is 49.9 Å². The normalized spacial score (nSPS) is 18.3. The maximum Gasteiger partial charge on any atom is 0.256 e. The van der Waals surface area contributed by atoms with E-state index in [9.17, 15) is 9.59 Å². The van der Waals surface area contributed by atoms with E-state index in [-0.39, 0.29) is 17.7 Å². The summed E-state index contributed by atoms with van der Waals surface area (Å²) in [4.78, 5) is 28.4. The summed E-state index contributed by atoms with van der Waals surface area (Å²) in [6.45, 7) is 5.08. The predicted molar refractivity (Wildman–Crippen MR) is 86.1 cm³/mol. The Morgan fingerprint density at radius 1 is 1.18 bits per heavy atom. The number of hydrogen-bond acceptors (Lipinski definition) is 3. The quantitative estimate of drug-likeness (QED) is 0.918. The molecule has 22 heavy (non-hydrogen) atoms. The Hall–Kier alpha value is -2.04. The molecule has 2 amide bonds. The van der Waals surface area contributed by atoms with Gasteiger partial charge in [-0.2, -0.15) is 0 Å². The maximum atomic E-state index is 12.8. The lowest BCUT2D eigenvalue weighted by atomic mass is 9.97. The van der Waals surface area contributed by atoms with Crippen molar-refractivity contribution < 1.29 is 9.59 Å². The van der Waals surface area contributed by atoms with E-state index >= 15 is 0 Å². The van der Waals surface area contributed by atoms with Crippen molar-refractivity contribution in [2.75, 3.05) is 38.1 Å². The van der Waals surface area contributed by atoms with E-state index in [1.54, 1.807) is 11.9 Å². The summed E-state index contributed by atoms with van der Waals surface area (Å²) >= 11 is 0. The highest BCUT2D eigenvalue weighted by molar-refractivity contribution is 6.01. The highest BCUT2D eigenvalue weighted by Crippen LogP contribution is 2.29. The van der Waals surface area contributed by atoms with Crippen LogP contribution in [0, 0.1) is 12.8 Å². The maximum absolute atomic E-state index is 12.8. The second-order valence-electron chi connectivity index (χ2n) is 6.24. The van der Waals surface area contributed by atoms with Gasteiger partial charge in [0.2, 0.25) is 5.91 Å². The molecule has 2 aliphatic heterocycles. The summed E-state index contributed by atoms with van der Waals surface area (Å²) in [5.41, 5.74) is 2.91. The Kier molecular flexibility index (Phi) is 4.05. The van der Waals surface area contributed by atoms with E-state index in [0.717, 1.165) is 29.9 Å². The van der Waals surface area contributed by atoms with E-state index in [4.69, 9.17) is 0 Å². The van der Waals surface area contributed by atoms with Gasteiger partial charge in [0.05, 0.1) is 11.5 Å². The molecule has 0 unspecified atom stereocenters. The molecule has 2 saturated heterocycles. The van der Waals surface area contributed by atoms with E-state index in [2.05, 4.69) is 22.3 Å². The first-order valence-corrected chi connectivity index (χ1v) is 7.96. The Balaban J connectivity index is 1.78. The Bertz CT molecular complexity index is 588. The minimum absolute atomic E-state index is 0.0214. The van der Waals surface area contributed by atoms with E-state index < -0.39 is 0 Å². The van der Waals surface area contributed by atoms with Gasteiger partial charge in [0.15, 0.2) is 0 Å². The van der Waals surface area contributed by atoms with E-state index in [0.29, 0.717) is 13.1 Å². The van der Waals surface area contributed by atoms with Crippen LogP contribution in [0.4, 0.5) is 5.69 Å². The standard InChI is InChI=1S/C17H23N3O2/c1-12-5-6-15(19-7-3-4-8-19)14(9-12)17(22)20-10-13(11-20)16(21)18-2/h5-6,9,13H,3-4,7-8,10-11H2,1-2H3,(H,18,21). The monoisotopic (exact) mass is 301 g/mol. The Labute approximate surface area is 131 Å². The van der Waals surface area contributed by atoms with Crippen molar-refractivity contribution in [2.45, 2.75) is 19.8 Å². The minimum Gasteiger partial charge on any atom is -0.371 e. The van der Waals surface area contributed by atoms with Gasteiger partial charge in [-0.25, -0.2) is 0 Å². The van der Waals surface area contributed by atoms with Crippen molar-refractivity contribution in [3.63, 3.8) is 0 Å². The fraction of sp³-hybridized carbons (Fsp3) is 0.529. The van der Waals surface area contributed by atoms with Crippen molar-refractivity contribution >= 4 is 17.5 Å². The van der Waals surface area contributed by atoms with Crippen molar-refractivity contribution in [3.8, 4) is 0 Å². The van der Waals surface area contributed by atoms with Crippen LogP contribution in [-0.2, 0) is 4.79 Å². The molecule has 0 spiro atoms. The van der Waals surface area contributed by atoms with Gasteiger partial charge in [-0.15, -0.1) is 0 Å². The molecular weight excluding hydrogens is 278 g/mol. The number of benzene rings is 1. The van der Waals surface area contributed by atoms with Crippen LogP contribution in [0.3, 0.4) is 0 Å². The summed E-state index contributed by atoms with van der Waals surface area (Å²) in [6, 6.07) is 6.10. The number of rotatable bonds is 3. The molecular formula is C17H23N3O2. The molecule has 2 aliphatic rings. The average Bonchev–Trinajstić information content (AvgIpc) is 2.99. The molecule has 2 heterocycles. The SMILES string of the molecule is CNC(=O)C1CN(C(=O)c2cc(C)ccc2N2CCCC2)C1. The van der Waals surface area contributed by atoms with Gasteiger partial charge in [0, 0.05) is 38.9 Å². The number of hydrogen-bond donors (Lipinski definition) is 1. The highest BCUT2D eigenvalue weighted by Gasteiger charge is 2.36. The van der Waals surface area contributed by atoms with Gasteiger partial charge in [-0.3, -0.25) is 9.59 Å². The van der Waals surface area contributed by atoms with Crippen LogP contribution in [0.1, 0.15) is 28.8 Å². The second-order valence-corrected chi connectivity index (χ2v) is 6.24. The topological polar surface area (TPSA) is 52.7 Å². The van der Waals surface area contributed by atoms with E-state index in [1.807, 2.05) is 13.0 Å². The zero-order chi connectivity index (χ0) is 15.7. The Morgan fingerprint density at radius 2 is 1.86 bits per heavy atom. The molecule has 118 valence electrons. The van der Waals surface area contributed by atoms with Crippen LogP contribution >= 0.6 is 0 Å². The first-order chi connectivity index (χ1) is 10.6. The zero-order valence-electron chi connectivity index (χ0n) is 13.3. The third-order valence-electron chi connectivity index (χ3n) is 4.62. The fourth-order valence-electron chi connectivity index (χ4n) is 3.24. The molecule has 0 aliphatic carbocycles. The lowest BCUT2D eigenvalue weighted by Crippen LogP contribution is -2.55. The molecule has 5 nitrogen and oxygen atoms in total. The molecule has 0 saturated carbocycles. The molecule has 0 atom stereocenters. The first-order valence-electron chi connectivity index (χ1n) is 7.96. The molecule has 5 heteroatoms. The van der Waals surface area contributed by atoms with Gasteiger partial charge in [0.25, 0.3) is 5.91 Å². The second kappa shape index (κ2) is 5.99. The lowest BCUT2D eigenvalue weighted by molar-refractivity contribution is -0.128. The van der Waals surface area contributed by atoms with Crippen LogP contribution < -0.4 is 10.2 Å². The van der Waals surface area contributed by atoms with Crippen LogP contribution in [0.5, 0.6) is 0 Å².